The predicted molar refractivity (Wildman–Crippen MR) is 93.8 cm³/mol. The average Bonchev–Trinajstić information content (AvgIpc) is 2.85. The van der Waals surface area contributed by atoms with Crippen molar-refractivity contribution in [1.82, 2.24) is 0 Å². The molecule has 2 heteroatoms. The summed E-state index contributed by atoms with van der Waals surface area (Å²) in [4.78, 5) is 12.2. The van der Waals surface area contributed by atoms with Crippen molar-refractivity contribution >= 4 is 5.78 Å². The van der Waals surface area contributed by atoms with Gasteiger partial charge < -0.3 is 5.73 Å². The molecule has 3 unspecified atom stereocenters. The molecule has 3 saturated carbocycles. The van der Waals surface area contributed by atoms with Crippen LogP contribution in [0.1, 0.15) is 72.1 Å². The van der Waals surface area contributed by atoms with Crippen LogP contribution < -0.4 is 5.73 Å². The van der Waals surface area contributed by atoms with Crippen LogP contribution in [0, 0.1) is 34.5 Å². The third kappa shape index (κ3) is 2.13. The summed E-state index contributed by atoms with van der Waals surface area (Å²) in [6.45, 7) is 6.79. The van der Waals surface area contributed by atoms with Crippen LogP contribution in [0.5, 0.6) is 0 Å². The molecule has 23 heavy (non-hydrogen) atoms. The lowest BCUT2D eigenvalue weighted by Gasteiger charge is -2.58. The molecule has 3 fully saturated rings. The van der Waals surface area contributed by atoms with E-state index < -0.39 is 0 Å². The molecule has 4 aliphatic rings. The first-order valence-electron chi connectivity index (χ1n) is 9.82. The Labute approximate surface area is 141 Å². The van der Waals surface area contributed by atoms with E-state index in [1.54, 1.807) is 5.57 Å². The third-order valence-corrected chi connectivity index (χ3v) is 8.63. The highest BCUT2D eigenvalue weighted by Crippen LogP contribution is 2.66. The molecule has 7 atom stereocenters. The molecule has 2 N–H and O–H groups in total. The number of carbonyl (C=O) groups excluding carboxylic acids is 1. The molecule has 0 aromatic carbocycles. The number of fused-ring (bicyclic) bond motifs is 5. The second-order valence-corrected chi connectivity index (χ2v) is 9.55. The Balaban J connectivity index is 1.66. The number of Topliss-reactive ketones (excluding diaryl/α,β-unsaturated/α-hetero) is 1. The van der Waals surface area contributed by atoms with Crippen molar-refractivity contribution in [2.45, 2.75) is 78.2 Å². The molecule has 0 aliphatic heterocycles. The fourth-order valence-electron chi connectivity index (χ4n) is 7.36. The maximum atomic E-state index is 12.2. The zero-order chi connectivity index (χ0) is 16.4. The lowest BCUT2D eigenvalue weighted by atomic mass is 9.47. The van der Waals surface area contributed by atoms with Crippen LogP contribution in [-0.4, -0.2) is 11.8 Å². The van der Waals surface area contributed by atoms with Crippen LogP contribution in [-0.2, 0) is 4.79 Å². The van der Waals surface area contributed by atoms with E-state index in [0.717, 1.165) is 30.6 Å². The Hall–Kier alpha value is -0.630. The molecule has 0 heterocycles. The summed E-state index contributed by atoms with van der Waals surface area (Å²) in [5.74, 6) is 3.17. The van der Waals surface area contributed by atoms with E-state index in [4.69, 9.17) is 5.73 Å². The van der Waals surface area contributed by atoms with Gasteiger partial charge >= 0.3 is 0 Å². The summed E-state index contributed by atoms with van der Waals surface area (Å²) in [6, 6.07) is 0.383. The molecule has 4 aliphatic carbocycles. The van der Waals surface area contributed by atoms with Gasteiger partial charge in [-0.3, -0.25) is 4.79 Å². The molecule has 0 radical (unpaired) electrons. The minimum Gasteiger partial charge on any atom is -0.327 e. The number of nitrogens with two attached hydrogens (primary N) is 1. The van der Waals surface area contributed by atoms with Crippen molar-refractivity contribution in [2.75, 3.05) is 0 Å². The molecule has 0 bridgehead atoms. The van der Waals surface area contributed by atoms with Crippen LogP contribution in [0.4, 0.5) is 0 Å². The molecular formula is C21H33NO. The maximum absolute atomic E-state index is 12.2. The molecule has 4 rings (SSSR count). The monoisotopic (exact) mass is 315 g/mol. The predicted octanol–water partition coefficient (Wildman–Crippen LogP) is 4.48. The lowest BCUT2D eigenvalue weighted by Crippen LogP contribution is -2.51. The second kappa shape index (κ2) is 5.18. The van der Waals surface area contributed by atoms with E-state index in [1.165, 1.54) is 38.5 Å². The minimum absolute atomic E-state index is 0.278. The first-order chi connectivity index (χ1) is 10.9. The number of rotatable bonds is 1. The smallest absolute Gasteiger partial charge is 0.133 e. The largest absolute Gasteiger partial charge is 0.327 e. The average molecular weight is 316 g/mol. The minimum atomic E-state index is 0.278. The molecule has 128 valence electrons. The van der Waals surface area contributed by atoms with Gasteiger partial charge in [-0.2, -0.15) is 0 Å². The van der Waals surface area contributed by atoms with Gasteiger partial charge in [-0.05, 0) is 86.9 Å². The molecule has 0 aromatic rings. The second-order valence-electron chi connectivity index (χ2n) is 9.55. The van der Waals surface area contributed by atoms with Crippen LogP contribution >= 0.6 is 0 Å². The summed E-state index contributed by atoms with van der Waals surface area (Å²) >= 11 is 0. The van der Waals surface area contributed by atoms with Crippen LogP contribution in [0.15, 0.2) is 11.6 Å². The van der Waals surface area contributed by atoms with Gasteiger partial charge in [0, 0.05) is 12.0 Å². The maximum Gasteiger partial charge on any atom is 0.133 e. The SMILES string of the molecule is CC(=O)[C@H]1CCC2C3CC=C4C[C@@H](N)CC[C@]4(C)C3CC[C@@]21C. The summed E-state index contributed by atoms with van der Waals surface area (Å²) in [6.07, 6.45) is 12.4. The summed E-state index contributed by atoms with van der Waals surface area (Å²) in [5, 5.41) is 0. The Kier molecular flexibility index (Phi) is 3.58. The third-order valence-electron chi connectivity index (χ3n) is 8.63. The van der Waals surface area contributed by atoms with E-state index in [0.29, 0.717) is 23.2 Å². The van der Waals surface area contributed by atoms with Crippen molar-refractivity contribution in [3.8, 4) is 0 Å². The van der Waals surface area contributed by atoms with Crippen molar-refractivity contribution in [3.63, 3.8) is 0 Å². The zero-order valence-electron chi connectivity index (χ0n) is 15.1. The Morgan fingerprint density at radius 3 is 2.65 bits per heavy atom. The summed E-state index contributed by atoms with van der Waals surface area (Å²) < 4.78 is 0. The van der Waals surface area contributed by atoms with E-state index in [-0.39, 0.29) is 5.41 Å². The van der Waals surface area contributed by atoms with E-state index in [1.807, 2.05) is 6.92 Å². The highest BCUT2D eigenvalue weighted by Gasteiger charge is 2.59. The van der Waals surface area contributed by atoms with E-state index in [2.05, 4.69) is 19.9 Å². The first kappa shape index (κ1) is 15.9. The Morgan fingerprint density at radius 2 is 1.91 bits per heavy atom. The quantitative estimate of drug-likeness (QED) is 0.725. The van der Waals surface area contributed by atoms with Gasteiger partial charge in [-0.25, -0.2) is 0 Å². The Bertz CT molecular complexity index is 552. The van der Waals surface area contributed by atoms with Crippen molar-refractivity contribution in [2.24, 2.45) is 40.2 Å². The van der Waals surface area contributed by atoms with E-state index >= 15 is 0 Å². The number of hydrogen-bond donors (Lipinski definition) is 1. The molecule has 0 amide bonds. The molecule has 0 spiro atoms. The van der Waals surface area contributed by atoms with Crippen LogP contribution in [0.2, 0.25) is 0 Å². The fourth-order valence-corrected chi connectivity index (χ4v) is 7.36. The first-order valence-corrected chi connectivity index (χ1v) is 9.82. The normalized spacial score (nSPS) is 52.2. The van der Waals surface area contributed by atoms with E-state index in [9.17, 15) is 4.79 Å². The zero-order valence-corrected chi connectivity index (χ0v) is 15.1. The van der Waals surface area contributed by atoms with Gasteiger partial charge in [0.2, 0.25) is 0 Å². The number of ketones is 1. The number of carbonyl (C=O) groups is 1. The van der Waals surface area contributed by atoms with Gasteiger partial charge in [-0.1, -0.05) is 25.5 Å². The molecule has 2 nitrogen and oxygen atoms in total. The standard InChI is InChI=1S/C21H33NO/c1-13(23)17-6-7-18-16-5-4-14-12-15(22)8-10-20(14,2)19(16)9-11-21(17,18)3/h4,15-19H,5-12,22H2,1-3H3/t15-,16?,17+,18?,19?,20-,21+/m0/s1. The van der Waals surface area contributed by atoms with Gasteiger partial charge in [0.15, 0.2) is 0 Å². The fraction of sp³-hybridized carbons (Fsp3) is 0.857. The highest BCUT2D eigenvalue weighted by molar-refractivity contribution is 5.79. The summed E-state index contributed by atoms with van der Waals surface area (Å²) in [7, 11) is 0. The number of allylic oxidation sites excluding steroid dienone is 1. The summed E-state index contributed by atoms with van der Waals surface area (Å²) in [5.41, 5.74) is 8.59. The molecule has 0 saturated heterocycles. The van der Waals surface area contributed by atoms with Gasteiger partial charge in [0.05, 0.1) is 0 Å². The lowest BCUT2D eigenvalue weighted by molar-refractivity contribution is -0.127. The topological polar surface area (TPSA) is 43.1 Å². The Morgan fingerprint density at radius 1 is 1.13 bits per heavy atom. The number of hydrogen-bond acceptors (Lipinski definition) is 2. The van der Waals surface area contributed by atoms with Crippen molar-refractivity contribution in [3.05, 3.63) is 11.6 Å². The van der Waals surface area contributed by atoms with Crippen molar-refractivity contribution < 1.29 is 4.79 Å². The molecule has 0 aromatic heterocycles. The van der Waals surface area contributed by atoms with Crippen LogP contribution in [0.25, 0.3) is 0 Å². The van der Waals surface area contributed by atoms with Gasteiger partial charge in [0.25, 0.3) is 0 Å². The highest BCUT2D eigenvalue weighted by atomic mass is 16.1. The van der Waals surface area contributed by atoms with Crippen LogP contribution in [0.3, 0.4) is 0 Å². The van der Waals surface area contributed by atoms with Gasteiger partial charge in [0.1, 0.15) is 5.78 Å². The van der Waals surface area contributed by atoms with Gasteiger partial charge in [-0.15, -0.1) is 0 Å². The molecular weight excluding hydrogens is 282 g/mol. The van der Waals surface area contributed by atoms with Crippen molar-refractivity contribution in [1.29, 1.82) is 0 Å².